The average Bonchev–Trinajstić information content (AvgIpc) is 2.72. The normalized spacial score (nSPS) is 12.1. The number of benzene rings is 2. The topological polar surface area (TPSA) is 0 Å². The van der Waals surface area contributed by atoms with Crippen molar-refractivity contribution in [2.45, 2.75) is 79.1 Å². The number of unbranched alkanes of at least 4 members (excludes halogenated alkanes) is 4. The highest BCUT2D eigenvalue weighted by atomic mass is 15.4. The molecule has 0 saturated heterocycles. The van der Waals surface area contributed by atoms with Gasteiger partial charge in [0.1, 0.15) is 11.4 Å². The summed E-state index contributed by atoms with van der Waals surface area (Å²) in [4.78, 5) is 0. The lowest BCUT2D eigenvalue weighted by molar-refractivity contribution is 0.351. The number of quaternary nitrogens is 1. The second-order valence-electron chi connectivity index (χ2n) is 9.57. The molecule has 2 aromatic carbocycles. The molecular weight excluding hydrogens is 350 g/mol. The predicted octanol–water partition coefficient (Wildman–Crippen LogP) is 8.76. The molecule has 160 valence electrons. The second kappa shape index (κ2) is 12.9. The van der Waals surface area contributed by atoms with Crippen molar-refractivity contribution in [1.82, 2.24) is 4.48 Å². The van der Waals surface area contributed by atoms with Crippen LogP contribution in [-0.2, 0) is 0 Å². The number of nitrogens with zero attached hydrogens (tertiary/aromatic N) is 1. The Morgan fingerprint density at radius 2 is 0.897 bits per heavy atom. The Hall–Kier alpha value is -1.60. The van der Waals surface area contributed by atoms with Gasteiger partial charge in [-0.1, -0.05) is 89.8 Å². The van der Waals surface area contributed by atoms with Crippen molar-refractivity contribution in [3.8, 4) is 0 Å². The van der Waals surface area contributed by atoms with E-state index in [0.29, 0.717) is 0 Å². The van der Waals surface area contributed by atoms with Crippen LogP contribution in [0.2, 0.25) is 0 Å². The summed E-state index contributed by atoms with van der Waals surface area (Å²) in [6.07, 6.45) is 10.7. The fraction of sp³-hybridized carbons (Fsp3) is 0.571. The van der Waals surface area contributed by atoms with E-state index >= 15 is 0 Å². The third kappa shape index (κ3) is 7.97. The van der Waals surface area contributed by atoms with Crippen molar-refractivity contribution < 1.29 is 0 Å². The summed E-state index contributed by atoms with van der Waals surface area (Å²) in [5.41, 5.74) is 2.90. The van der Waals surface area contributed by atoms with Crippen molar-refractivity contribution >= 4 is 11.4 Å². The zero-order chi connectivity index (χ0) is 21.0. The molecule has 0 N–H and O–H groups in total. The van der Waals surface area contributed by atoms with Gasteiger partial charge in [-0.3, -0.25) is 4.48 Å². The molecular formula is C28H44N+. The zero-order valence-corrected chi connectivity index (χ0v) is 19.4. The highest BCUT2D eigenvalue weighted by molar-refractivity contribution is 5.58. The van der Waals surface area contributed by atoms with E-state index in [1.165, 1.54) is 75.8 Å². The van der Waals surface area contributed by atoms with Crippen LogP contribution >= 0.6 is 0 Å². The summed E-state index contributed by atoms with van der Waals surface area (Å²) in [5.74, 6) is 1.64. The maximum Gasteiger partial charge on any atom is 0.137 e. The minimum atomic E-state index is 0.818. The van der Waals surface area contributed by atoms with Gasteiger partial charge in [0, 0.05) is 0 Å². The zero-order valence-electron chi connectivity index (χ0n) is 19.4. The van der Waals surface area contributed by atoms with E-state index < -0.39 is 0 Å². The summed E-state index contributed by atoms with van der Waals surface area (Å²) in [7, 11) is 0. The molecule has 0 atom stereocenters. The highest BCUT2D eigenvalue weighted by Crippen LogP contribution is 2.36. The fourth-order valence-electron chi connectivity index (χ4n) is 4.43. The van der Waals surface area contributed by atoms with Crippen LogP contribution in [0, 0.1) is 11.8 Å². The molecule has 2 rings (SSSR count). The molecule has 0 unspecified atom stereocenters. The largest absolute Gasteiger partial charge is 0.259 e. The molecule has 0 aliphatic heterocycles. The molecule has 0 aromatic heterocycles. The Morgan fingerprint density at radius 3 is 1.24 bits per heavy atom. The van der Waals surface area contributed by atoms with Crippen molar-refractivity contribution in [3.05, 3.63) is 60.7 Å². The summed E-state index contributed by atoms with van der Waals surface area (Å²) in [6.45, 7) is 11.8. The van der Waals surface area contributed by atoms with Crippen molar-refractivity contribution in [2.75, 3.05) is 13.1 Å². The standard InChI is InChI=1S/C28H44N/c1-25(2)17-9-7-15-23-29(27-19-11-5-12-20-27,28-21-13-6-14-22-28)24-16-8-10-18-26(3)4/h5-6,11-14,19-22,25-26H,7-10,15-18,23-24H2,1-4H3/q+1. The molecule has 0 fully saturated rings. The summed E-state index contributed by atoms with van der Waals surface area (Å²) in [6, 6.07) is 22.5. The lowest BCUT2D eigenvalue weighted by Crippen LogP contribution is -2.46. The number of para-hydroxylation sites is 2. The number of hydrogen-bond acceptors (Lipinski definition) is 0. The Morgan fingerprint density at radius 1 is 0.517 bits per heavy atom. The molecule has 29 heavy (non-hydrogen) atoms. The molecule has 0 amide bonds. The average molecular weight is 395 g/mol. The third-order valence-corrected chi connectivity index (χ3v) is 6.14. The van der Waals surface area contributed by atoms with Gasteiger partial charge in [0.05, 0.1) is 13.1 Å². The van der Waals surface area contributed by atoms with Crippen LogP contribution in [0.5, 0.6) is 0 Å². The molecule has 0 radical (unpaired) electrons. The molecule has 0 aliphatic carbocycles. The van der Waals surface area contributed by atoms with Crippen molar-refractivity contribution in [1.29, 1.82) is 0 Å². The summed E-state index contributed by atoms with van der Waals surface area (Å²) < 4.78 is 1.00. The molecule has 1 nitrogen and oxygen atoms in total. The Bertz CT molecular complexity index is 585. The van der Waals surface area contributed by atoms with E-state index in [9.17, 15) is 0 Å². The highest BCUT2D eigenvalue weighted by Gasteiger charge is 2.32. The van der Waals surface area contributed by atoms with Crippen LogP contribution in [0.25, 0.3) is 0 Å². The van der Waals surface area contributed by atoms with Crippen molar-refractivity contribution in [3.63, 3.8) is 0 Å². The van der Waals surface area contributed by atoms with Gasteiger partial charge in [-0.2, -0.15) is 0 Å². The van der Waals surface area contributed by atoms with Gasteiger partial charge in [-0.05, 0) is 61.8 Å². The molecule has 0 saturated carbocycles. The molecule has 0 bridgehead atoms. The van der Waals surface area contributed by atoms with E-state index in [2.05, 4.69) is 88.4 Å². The van der Waals surface area contributed by atoms with Crippen LogP contribution in [0.3, 0.4) is 0 Å². The first kappa shape index (κ1) is 23.7. The smallest absolute Gasteiger partial charge is 0.137 e. The first-order valence-electron chi connectivity index (χ1n) is 12.0. The fourth-order valence-corrected chi connectivity index (χ4v) is 4.43. The lowest BCUT2D eigenvalue weighted by Gasteiger charge is -2.38. The van der Waals surface area contributed by atoms with Gasteiger partial charge in [0.2, 0.25) is 0 Å². The molecule has 2 aromatic rings. The SMILES string of the molecule is CC(C)CCCCC[N+](CCCCCC(C)C)(c1ccccc1)c1ccccc1. The number of rotatable bonds is 14. The second-order valence-corrected chi connectivity index (χ2v) is 9.57. The molecule has 0 spiro atoms. The van der Waals surface area contributed by atoms with Gasteiger partial charge in [-0.15, -0.1) is 0 Å². The monoisotopic (exact) mass is 394 g/mol. The van der Waals surface area contributed by atoms with Gasteiger partial charge < -0.3 is 0 Å². The maximum atomic E-state index is 2.34. The van der Waals surface area contributed by atoms with Crippen LogP contribution in [0.1, 0.15) is 79.1 Å². The van der Waals surface area contributed by atoms with Crippen LogP contribution in [-0.4, -0.2) is 13.1 Å². The van der Waals surface area contributed by atoms with E-state index in [1.807, 2.05) is 0 Å². The third-order valence-electron chi connectivity index (χ3n) is 6.14. The minimum absolute atomic E-state index is 0.818. The Kier molecular flexibility index (Phi) is 10.5. The molecule has 0 aliphatic rings. The Balaban J connectivity index is 2.17. The van der Waals surface area contributed by atoms with E-state index in [1.54, 1.807) is 0 Å². The van der Waals surface area contributed by atoms with Gasteiger partial charge >= 0.3 is 0 Å². The lowest BCUT2D eigenvalue weighted by atomic mass is 10.0. The van der Waals surface area contributed by atoms with E-state index in [0.717, 1.165) is 16.3 Å². The maximum absolute atomic E-state index is 2.34. The summed E-state index contributed by atoms with van der Waals surface area (Å²) in [5, 5.41) is 0. The van der Waals surface area contributed by atoms with Crippen LogP contribution in [0.4, 0.5) is 11.4 Å². The van der Waals surface area contributed by atoms with E-state index in [4.69, 9.17) is 0 Å². The predicted molar refractivity (Wildman–Crippen MR) is 131 cm³/mol. The first-order valence-corrected chi connectivity index (χ1v) is 12.0. The number of hydrogen-bond donors (Lipinski definition) is 0. The van der Waals surface area contributed by atoms with E-state index in [-0.39, 0.29) is 0 Å². The Labute approximate surface area is 180 Å². The molecule has 0 heterocycles. The minimum Gasteiger partial charge on any atom is -0.259 e. The van der Waals surface area contributed by atoms with Gasteiger partial charge in [-0.25, -0.2) is 0 Å². The van der Waals surface area contributed by atoms with Crippen molar-refractivity contribution in [2.24, 2.45) is 11.8 Å². The van der Waals surface area contributed by atoms with Crippen LogP contribution < -0.4 is 4.48 Å². The quantitative estimate of drug-likeness (QED) is 0.222. The van der Waals surface area contributed by atoms with Crippen LogP contribution in [0.15, 0.2) is 60.7 Å². The molecule has 1 heteroatoms. The summed E-state index contributed by atoms with van der Waals surface area (Å²) >= 11 is 0. The first-order chi connectivity index (χ1) is 14.0. The van der Waals surface area contributed by atoms with Gasteiger partial charge in [0.15, 0.2) is 0 Å². The van der Waals surface area contributed by atoms with Gasteiger partial charge in [0.25, 0.3) is 0 Å².